The van der Waals surface area contributed by atoms with Gasteiger partial charge in [0.15, 0.2) is 0 Å². The molecule has 1 aliphatic heterocycles. The summed E-state index contributed by atoms with van der Waals surface area (Å²) in [5, 5.41) is 3.69. The summed E-state index contributed by atoms with van der Waals surface area (Å²) in [6, 6.07) is 5.34. The van der Waals surface area contributed by atoms with Crippen molar-refractivity contribution in [1.82, 2.24) is 4.98 Å². The molecule has 1 saturated carbocycles. The lowest BCUT2D eigenvalue weighted by atomic mass is 9.91. The Labute approximate surface area is 152 Å². The minimum Gasteiger partial charge on any atom is -0.381 e. The van der Waals surface area contributed by atoms with Crippen LogP contribution in [0, 0.1) is 6.92 Å². The number of ether oxygens (including phenoxy) is 1. The van der Waals surface area contributed by atoms with Gasteiger partial charge < -0.3 is 20.7 Å². The molecule has 1 aromatic rings. The van der Waals surface area contributed by atoms with Crippen molar-refractivity contribution in [2.75, 3.05) is 36.5 Å². The minimum absolute atomic E-state index is 0.394. The highest BCUT2D eigenvalue weighted by atomic mass is 16.5. The van der Waals surface area contributed by atoms with Crippen molar-refractivity contribution in [2.24, 2.45) is 5.73 Å². The molecule has 5 nitrogen and oxygen atoms in total. The molecule has 2 fully saturated rings. The first-order valence-corrected chi connectivity index (χ1v) is 10.0. The molecule has 0 atom stereocenters. The van der Waals surface area contributed by atoms with Gasteiger partial charge >= 0.3 is 0 Å². The van der Waals surface area contributed by atoms with Crippen molar-refractivity contribution in [3.8, 4) is 0 Å². The Kier molecular flexibility index (Phi) is 6.93. The quantitative estimate of drug-likeness (QED) is 0.877. The van der Waals surface area contributed by atoms with Crippen LogP contribution in [0.3, 0.4) is 0 Å². The van der Waals surface area contributed by atoms with E-state index in [0.717, 1.165) is 76.3 Å². The molecule has 140 valence electrons. The monoisotopic (exact) mass is 346 g/mol. The molecule has 1 saturated heterocycles. The lowest BCUT2D eigenvalue weighted by molar-refractivity contribution is 0.125. The Bertz CT molecular complexity index is 518. The molecule has 1 aromatic heterocycles. The van der Waals surface area contributed by atoms with Crippen molar-refractivity contribution in [3.05, 3.63) is 17.8 Å². The van der Waals surface area contributed by atoms with Crippen LogP contribution in [0.4, 0.5) is 11.5 Å². The predicted octanol–water partition coefficient (Wildman–Crippen LogP) is 3.47. The lowest BCUT2D eigenvalue weighted by Gasteiger charge is -2.29. The van der Waals surface area contributed by atoms with Crippen molar-refractivity contribution in [3.63, 3.8) is 0 Å². The van der Waals surface area contributed by atoms with Crippen LogP contribution in [0.25, 0.3) is 0 Å². The highest BCUT2D eigenvalue weighted by molar-refractivity contribution is 5.54. The number of nitrogens with one attached hydrogen (secondary N) is 1. The third-order valence-corrected chi connectivity index (χ3v) is 5.46. The molecule has 25 heavy (non-hydrogen) atoms. The van der Waals surface area contributed by atoms with Crippen LogP contribution < -0.4 is 16.0 Å². The number of pyridine rings is 1. The summed E-state index contributed by atoms with van der Waals surface area (Å²) in [6.45, 7) is 6.06. The first kappa shape index (κ1) is 18.5. The van der Waals surface area contributed by atoms with Gasteiger partial charge in [0.1, 0.15) is 5.82 Å². The fourth-order valence-corrected chi connectivity index (χ4v) is 3.82. The maximum Gasteiger partial charge on any atom is 0.128 e. The molecule has 5 heteroatoms. The van der Waals surface area contributed by atoms with Crippen LogP contribution in [0.5, 0.6) is 0 Å². The zero-order chi connectivity index (χ0) is 17.5. The number of nitrogens with zero attached hydrogens (tertiary/aromatic N) is 2. The van der Waals surface area contributed by atoms with E-state index >= 15 is 0 Å². The smallest absolute Gasteiger partial charge is 0.128 e. The van der Waals surface area contributed by atoms with Crippen molar-refractivity contribution in [2.45, 2.75) is 70.4 Å². The molecule has 3 rings (SSSR count). The number of aromatic nitrogens is 1. The number of hydrogen-bond donors (Lipinski definition) is 2. The maximum absolute atomic E-state index is 6.01. The Hall–Kier alpha value is -1.33. The summed E-state index contributed by atoms with van der Waals surface area (Å²) < 4.78 is 5.61. The van der Waals surface area contributed by atoms with Gasteiger partial charge in [-0.2, -0.15) is 0 Å². The number of nitrogens with two attached hydrogens (primary N) is 1. The topological polar surface area (TPSA) is 63.4 Å². The van der Waals surface area contributed by atoms with Gasteiger partial charge in [-0.3, -0.25) is 0 Å². The number of aryl methyl sites for hydroxylation is 1. The largest absolute Gasteiger partial charge is 0.381 e. The summed E-state index contributed by atoms with van der Waals surface area (Å²) >= 11 is 0. The fraction of sp³-hybridized carbons (Fsp3) is 0.750. The van der Waals surface area contributed by atoms with E-state index in [2.05, 4.69) is 29.3 Å². The SMILES string of the molecule is Cc1nc(N2CCCCOCCCC2)ccc1NC1CCC(N)CC1. The van der Waals surface area contributed by atoms with Gasteiger partial charge in [-0.05, 0) is 70.4 Å². The van der Waals surface area contributed by atoms with Crippen LogP contribution in [0.1, 0.15) is 57.1 Å². The zero-order valence-corrected chi connectivity index (χ0v) is 15.7. The van der Waals surface area contributed by atoms with Gasteiger partial charge in [-0.25, -0.2) is 4.98 Å². The van der Waals surface area contributed by atoms with Gasteiger partial charge in [0, 0.05) is 38.4 Å². The standard InChI is InChI=1S/C20H34N4O/c1-16-19(23-18-8-6-17(21)7-9-18)10-11-20(22-16)24-12-2-4-14-25-15-5-3-13-24/h10-11,17-18,23H,2-9,12-15,21H2,1H3. The predicted molar refractivity (Wildman–Crippen MR) is 104 cm³/mol. The van der Waals surface area contributed by atoms with Crippen LogP contribution in [0.2, 0.25) is 0 Å². The summed E-state index contributed by atoms with van der Waals surface area (Å²) in [5.41, 5.74) is 8.30. The van der Waals surface area contributed by atoms with E-state index in [1.165, 1.54) is 18.5 Å². The van der Waals surface area contributed by atoms with Crippen molar-refractivity contribution < 1.29 is 4.74 Å². The highest BCUT2D eigenvalue weighted by Crippen LogP contribution is 2.25. The van der Waals surface area contributed by atoms with Gasteiger partial charge in [0.05, 0.1) is 11.4 Å². The lowest BCUT2D eigenvalue weighted by Crippen LogP contribution is -2.33. The fourth-order valence-electron chi connectivity index (χ4n) is 3.82. The van der Waals surface area contributed by atoms with E-state index in [0.29, 0.717) is 12.1 Å². The maximum atomic E-state index is 6.01. The van der Waals surface area contributed by atoms with E-state index in [1.54, 1.807) is 0 Å². The van der Waals surface area contributed by atoms with E-state index < -0.39 is 0 Å². The van der Waals surface area contributed by atoms with E-state index in [9.17, 15) is 0 Å². The summed E-state index contributed by atoms with van der Waals surface area (Å²) in [7, 11) is 0. The number of hydrogen-bond acceptors (Lipinski definition) is 5. The molecule has 0 aromatic carbocycles. The molecule has 2 aliphatic rings. The number of anilines is 2. The molecule has 3 N–H and O–H groups in total. The minimum atomic E-state index is 0.394. The zero-order valence-electron chi connectivity index (χ0n) is 15.7. The van der Waals surface area contributed by atoms with Gasteiger partial charge in [0.25, 0.3) is 0 Å². The molecule has 2 heterocycles. The highest BCUT2D eigenvalue weighted by Gasteiger charge is 2.19. The third-order valence-electron chi connectivity index (χ3n) is 5.46. The van der Waals surface area contributed by atoms with Gasteiger partial charge in [0.2, 0.25) is 0 Å². The van der Waals surface area contributed by atoms with E-state index in [-0.39, 0.29) is 0 Å². The molecule has 0 spiro atoms. The molecule has 0 radical (unpaired) electrons. The van der Waals surface area contributed by atoms with Gasteiger partial charge in [-0.1, -0.05) is 0 Å². The van der Waals surface area contributed by atoms with Crippen LogP contribution in [-0.4, -0.2) is 43.4 Å². The summed E-state index contributed by atoms with van der Waals surface area (Å²) in [5.74, 6) is 1.12. The molecular formula is C20H34N4O. The average Bonchev–Trinajstić information content (AvgIpc) is 2.63. The van der Waals surface area contributed by atoms with Gasteiger partial charge in [-0.15, -0.1) is 0 Å². The van der Waals surface area contributed by atoms with Crippen molar-refractivity contribution in [1.29, 1.82) is 0 Å². The van der Waals surface area contributed by atoms with E-state index in [4.69, 9.17) is 15.5 Å². The normalized spacial score (nSPS) is 26.2. The summed E-state index contributed by atoms with van der Waals surface area (Å²) in [4.78, 5) is 7.36. The second-order valence-electron chi connectivity index (χ2n) is 7.57. The second kappa shape index (κ2) is 9.39. The van der Waals surface area contributed by atoms with Crippen molar-refractivity contribution >= 4 is 11.5 Å². The molecule has 0 bridgehead atoms. The molecule has 0 amide bonds. The Morgan fingerprint density at radius 1 is 1.04 bits per heavy atom. The average molecular weight is 347 g/mol. The Morgan fingerprint density at radius 3 is 2.36 bits per heavy atom. The summed E-state index contributed by atoms with van der Waals surface area (Å²) in [6.07, 6.45) is 9.19. The molecular weight excluding hydrogens is 312 g/mol. The molecule has 1 aliphatic carbocycles. The first-order chi connectivity index (χ1) is 12.2. The number of rotatable bonds is 3. The van der Waals surface area contributed by atoms with Crippen LogP contribution in [-0.2, 0) is 4.74 Å². The Morgan fingerprint density at radius 2 is 1.72 bits per heavy atom. The van der Waals surface area contributed by atoms with Crippen LogP contribution in [0.15, 0.2) is 12.1 Å². The van der Waals surface area contributed by atoms with E-state index in [1.807, 2.05) is 0 Å². The third kappa shape index (κ3) is 5.58. The second-order valence-corrected chi connectivity index (χ2v) is 7.57. The first-order valence-electron chi connectivity index (χ1n) is 10.0. The molecule has 0 unspecified atom stereocenters. The Balaban J connectivity index is 1.61. The van der Waals surface area contributed by atoms with Crippen LogP contribution >= 0.6 is 0 Å².